The zero-order valence-electron chi connectivity index (χ0n) is 9.75. The first-order chi connectivity index (χ1) is 9.10. The largest absolute Gasteiger partial charge is 0.380 e. The van der Waals surface area contributed by atoms with Crippen LogP contribution in [0.15, 0.2) is 40.9 Å². The van der Waals surface area contributed by atoms with Crippen LogP contribution in [-0.2, 0) is 6.54 Å². The summed E-state index contributed by atoms with van der Waals surface area (Å²) in [7, 11) is 0. The molecule has 0 aliphatic carbocycles. The van der Waals surface area contributed by atoms with E-state index in [2.05, 4.69) is 21.2 Å². The van der Waals surface area contributed by atoms with Gasteiger partial charge in [0, 0.05) is 27.3 Å². The molecule has 5 heteroatoms. The van der Waals surface area contributed by atoms with Crippen LogP contribution in [0.3, 0.4) is 0 Å². The van der Waals surface area contributed by atoms with E-state index in [9.17, 15) is 4.39 Å². The van der Waals surface area contributed by atoms with Crippen LogP contribution in [0.4, 0.5) is 10.1 Å². The van der Waals surface area contributed by atoms with Crippen molar-refractivity contribution in [3.05, 3.63) is 62.8 Å². The maximum atomic E-state index is 13.6. The Labute approximate surface area is 123 Å². The van der Waals surface area contributed by atoms with Gasteiger partial charge in [-0.15, -0.1) is 0 Å². The Hall–Kier alpha value is -1.57. The summed E-state index contributed by atoms with van der Waals surface area (Å²) in [5, 5.41) is 12.5. The molecule has 0 fully saturated rings. The molecule has 0 bridgehead atoms. The first-order valence-corrected chi connectivity index (χ1v) is 6.64. The highest BCUT2D eigenvalue weighted by Gasteiger charge is 2.05. The topological polar surface area (TPSA) is 35.8 Å². The van der Waals surface area contributed by atoms with E-state index in [-0.39, 0.29) is 5.82 Å². The second-order valence-corrected chi connectivity index (χ2v) is 5.19. The number of anilines is 1. The van der Waals surface area contributed by atoms with Crippen LogP contribution >= 0.6 is 27.5 Å². The van der Waals surface area contributed by atoms with Gasteiger partial charge in [-0.05, 0) is 52.3 Å². The van der Waals surface area contributed by atoms with Crippen molar-refractivity contribution >= 4 is 33.2 Å². The first kappa shape index (κ1) is 13.9. The summed E-state index contributed by atoms with van der Waals surface area (Å²) in [6, 6.07) is 11.6. The van der Waals surface area contributed by atoms with Crippen molar-refractivity contribution in [2.24, 2.45) is 0 Å². The molecule has 0 saturated carbocycles. The van der Waals surface area contributed by atoms with Crippen molar-refractivity contribution in [3.8, 4) is 6.07 Å². The minimum atomic E-state index is -0.336. The zero-order valence-corrected chi connectivity index (χ0v) is 12.1. The molecule has 0 aliphatic heterocycles. The van der Waals surface area contributed by atoms with Crippen LogP contribution in [0.25, 0.3) is 0 Å². The third-order valence-electron chi connectivity index (χ3n) is 2.58. The Morgan fingerprint density at radius 2 is 2.05 bits per heavy atom. The monoisotopic (exact) mass is 338 g/mol. The van der Waals surface area contributed by atoms with E-state index in [1.807, 2.05) is 6.07 Å². The third kappa shape index (κ3) is 3.46. The molecular weight excluding hydrogens is 331 g/mol. The summed E-state index contributed by atoms with van der Waals surface area (Å²) in [6.45, 7) is 0.293. The highest BCUT2D eigenvalue weighted by molar-refractivity contribution is 9.10. The fraction of sp³-hybridized carbons (Fsp3) is 0.0714. The predicted octanol–water partition coefficient (Wildman–Crippen LogP) is 4.73. The molecular formula is C14H9BrClFN2. The van der Waals surface area contributed by atoms with Gasteiger partial charge in [0.2, 0.25) is 0 Å². The molecule has 0 saturated heterocycles. The van der Waals surface area contributed by atoms with E-state index in [4.69, 9.17) is 16.9 Å². The van der Waals surface area contributed by atoms with E-state index in [0.717, 1.165) is 10.2 Å². The number of halogens is 3. The normalized spacial score (nSPS) is 10.0. The highest BCUT2D eigenvalue weighted by atomic mass is 79.9. The van der Waals surface area contributed by atoms with Gasteiger partial charge in [-0.25, -0.2) is 4.39 Å². The number of nitrogens with one attached hydrogen (secondary N) is 1. The molecule has 0 atom stereocenters. The molecule has 0 aromatic heterocycles. The molecule has 0 aliphatic rings. The fourth-order valence-electron chi connectivity index (χ4n) is 1.60. The lowest BCUT2D eigenvalue weighted by Gasteiger charge is -2.10. The maximum Gasteiger partial charge on any atom is 0.128 e. The fourth-order valence-corrected chi connectivity index (χ4v) is 2.43. The summed E-state index contributed by atoms with van der Waals surface area (Å²) >= 11 is 9.22. The lowest BCUT2D eigenvalue weighted by molar-refractivity contribution is 0.612. The summed E-state index contributed by atoms with van der Waals surface area (Å²) in [6.07, 6.45) is 0. The molecule has 2 aromatic rings. The average molecular weight is 340 g/mol. The van der Waals surface area contributed by atoms with E-state index in [0.29, 0.717) is 22.7 Å². The molecule has 19 heavy (non-hydrogen) atoms. The van der Waals surface area contributed by atoms with Gasteiger partial charge in [0.15, 0.2) is 0 Å². The second-order valence-electron chi connectivity index (χ2n) is 3.90. The quantitative estimate of drug-likeness (QED) is 0.878. The number of hydrogen-bond donors (Lipinski definition) is 1. The molecule has 2 nitrogen and oxygen atoms in total. The van der Waals surface area contributed by atoms with Crippen molar-refractivity contribution in [1.82, 2.24) is 0 Å². The molecule has 0 amide bonds. The third-order valence-corrected chi connectivity index (χ3v) is 3.47. The summed E-state index contributed by atoms with van der Waals surface area (Å²) in [5.41, 5.74) is 1.69. The van der Waals surface area contributed by atoms with Crippen LogP contribution in [0, 0.1) is 17.1 Å². The van der Waals surface area contributed by atoms with Crippen molar-refractivity contribution in [3.63, 3.8) is 0 Å². The standard InChI is InChI=1S/C14H9BrClFN2/c15-12-6-11(16)2-4-14(12)19-8-10-5-9(7-18)1-3-13(10)17/h1-6,19H,8H2. The van der Waals surface area contributed by atoms with Gasteiger partial charge in [0.05, 0.1) is 11.6 Å². The van der Waals surface area contributed by atoms with Gasteiger partial charge in [-0.3, -0.25) is 0 Å². The van der Waals surface area contributed by atoms with Crippen molar-refractivity contribution in [2.45, 2.75) is 6.54 Å². The smallest absolute Gasteiger partial charge is 0.128 e. The van der Waals surface area contributed by atoms with Gasteiger partial charge in [-0.2, -0.15) is 5.26 Å². The second kappa shape index (κ2) is 6.05. The number of rotatable bonds is 3. The molecule has 0 spiro atoms. The van der Waals surface area contributed by atoms with Gasteiger partial charge in [0.1, 0.15) is 5.82 Å². The Bertz CT molecular complexity index is 652. The van der Waals surface area contributed by atoms with Crippen molar-refractivity contribution in [1.29, 1.82) is 5.26 Å². The Morgan fingerprint density at radius 3 is 2.74 bits per heavy atom. The van der Waals surface area contributed by atoms with Crippen LogP contribution < -0.4 is 5.32 Å². The van der Waals surface area contributed by atoms with Crippen LogP contribution in [0.5, 0.6) is 0 Å². The lowest BCUT2D eigenvalue weighted by Crippen LogP contribution is -2.02. The predicted molar refractivity (Wildman–Crippen MR) is 77.6 cm³/mol. The molecule has 0 heterocycles. The first-order valence-electron chi connectivity index (χ1n) is 5.47. The Balaban J connectivity index is 2.16. The Kier molecular flexibility index (Phi) is 4.41. The molecule has 0 unspecified atom stereocenters. The van der Waals surface area contributed by atoms with E-state index < -0.39 is 0 Å². The Morgan fingerprint density at radius 1 is 1.26 bits per heavy atom. The summed E-state index contributed by atoms with van der Waals surface area (Å²) in [4.78, 5) is 0. The molecule has 2 aromatic carbocycles. The van der Waals surface area contributed by atoms with Gasteiger partial charge in [0.25, 0.3) is 0 Å². The van der Waals surface area contributed by atoms with Crippen LogP contribution in [-0.4, -0.2) is 0 Å². The van der Waals surface area contributed by atoms with E-state index >= 15 is 0 Å². The molecule has 1 N–H and O–H groups in total. The summed E-state index contributed by atoms with van der Waals surface area (Å²) < 4.78 is 14.4. The van der Waals surface area contributed by atoms with Crippen LogP contribution in [0.1, 0.15) is 11.1 Å². The zero-order chi connectivity index (χ0) is 13.8. The minimum Gasteiger partial charge on any atom is -0.380 e. The van der Waals surface area contributed by atoms with Crippen molar-refractivity contribution in [2.75, 3.05) is 5.32 Å². The molecule has 96 valence electrons. The highest BCUT2D eigenvalue weighted by Crippen LogP contribution is 2.26. The van der Waals surface area contributed by atoms with Crippen LogP contribution in [0.2, 0.25) is 5.02 Å². The number of benzene rings is 2. The molecule has 2 rings (SSSR count). The number of hydrogen-bond acceptors (Lipinski definition) is 2. The number of nitrogens with zero attached hydrogens (tertiary/aromatic N) is 1. The SMILES string of the molecule is N#Cc1ccc(F)c(CNc2ccc(Cl)cc2Br)c1. The van der Waals surface area contributed by atoms with Gasteiger partial charge in [-0.1, -0.05) is 11.6 Å². The van der Waals surface area contributed by atoms with Crippen molar-refractivity contribution < 1.29 is 4.39 Å². The van der Waals surface area contributed by atoms with E-state index in [1.165, 1.54) is 18.2 Å². The lowest BCUT2D eigenvalue weighted by atomic mass is 10.1. The summed E-state index contributed by atoms with van der Waals surface area (Å²) in [5.74, 6) is -0.336. The molecule has 0 radical (unpaired) electrons. The minimum absolute atomic E-state index is 0.293. The maximum absolute atomic E-state index is 13.6. The van der Waals surface area contributed by atoms with E-state index in [1.54, 1.807) is 18.2 Å². The van der Waals surface area contributed by atoms with Gasteiger partial charge >= 0.3 is 0 Å². The van der Waals surface area contributed by atoms with Gasteiger partial charge < -0.3 is 5.32 Å². The number of nitriles is 1. The average Bonchev–Trinajstić information content (AvgIpc) is 2.39.